The summed E-state index contributed by atoms with van der Waals surface area (Å²) in [5, 5.41) is 9.88. The molecule has 1 N–H and O–H groups in total. The number of amides is 4. The fourth-order valence-electron chi connectivity index (χ4n) is 9.46. The van der Waals surface area contributed by atoms with E-state index in [9.17, 15) is 14.7 Å². The predicted octanol–water partition coefficient (Wildman–Crippen LogP) is 8.03. The number of hydrogen-bond donors (Lipinski definition) is 1. The van der Waals surface area contributed by atoms with E-state index in [1.54, 1.807) is 36.2 Å². The van der Waals surface area contributed by atoms with Crippen LogP contribution in [0.1, 0.15) is 86.3 Å². The number of hydrogen-bond acceptors (Lipinski definition) is 4. The van der Waals surface area contributed by atoms with Crippen molar-refractivity contribution in [1.82, 2.24) is 19.3 Å². The fraction of sp³-hybridized carbons (Fsp3) is 0.340. The number of phenolic OH excluding ortho intramolecular Hbond substituents is 1. The Morgan fingerprint density at radius 2 is 1.50 bits per heavy atom. The van der Waals surface area contributed by atoms with Gasteiger partial charge in [-0.1, -0.05) is 54.6 Å². The van der Waals surface area contributed by atoms with Crippen LogP contribution in [0, 0.1) is 0 Å². The van der Waals surface area contributed by atoms with Crippen molar-refractivity contribution in [1.29, 1.82) is 0 Å². The lowest BCUT2D eigenvalue weighted by molar-refractivity contribution is 0.0658. The number of nitrogens with zero attached hydrogens (tertiary/aromatic N) is 5. The van der Waals surface area contributed by atoms with Crippen molar-refractivity contribution < 1.29 is 19.5 Å². The van der Waals surface area contributed by atoms with Gasteiger partial charge in [0.15, 0.2) is 0 Å². The number of carbonyl (C=O) groups is 3. The van der Waals surface area contributed by atoms with Gasteiger partial charge in [0, 0.05) is 86.5 Å². The summed E-state index contributed by atoms with van der Waals surface area (Å²) in [6, 6.07) is 31.8. The van der Waals surface area contributed by atoms with E-state index < -0.39 is 0 Å². The standard InChI is InChI=1S/C47H49N5O4/c1-31-24-33-12-6-7-13-35(33)30-52(31)46(55)41-26-37-29-50(47(56)49-23-20-36(28-49)32-10-4-3-5-11-32)22-19-34(37)25-40(41)44-27-42(43-14-8-9-21-51(43)44)45(54)48(2)38-15-17-39(53)18-16-38/h3-7,10-13,15-18,25-27,31,36,53H,8-9,14,19-24,28-30H2,1-2H3/t31-,36?/m1/s1. The van der Waals surface area contributed by atoms with E-state index in [2.05, 4.69) is 66.1 Å². The summed E-state index contributed by atoms with van der Waals surface area (Å²) in [5.74, 6) is 0.338. The minimum absolute atomic E-state index is 0.00409. The Morgan fingerprint density at radius 3 is 2.30 bits per heavy atom. The zero-order valence-electron chi connectivity index (χ0n) is 32.3. The SMILES string of the molecule is C[C@@H]1Cc2ccccc2CN1C(=O)c1cc2c(cc1-c1cc(C(=O)N(C)c3ccc(O)cc3)c3n1CCCC3)CCN(C(=O)N1CCC(c3ccccc3)C1)C2. The van der Waals surface area contributed by atoms with Crippen LogP contribution < -0.4 is 4.90 Å². The lowest BCUT2D eigenvalue weighted by atomic mass is 9.89. The van der Waals surface area contributed by atoms with Gasteiger partial charge in [-0.25, -0.2) is 4.79 Å². The predicted molar refractivity (Wildman–Crippen MR) is 218 cm³/mol. The van der Waals surface area contributed by atoms with Gasteiger partial charge in [0.2, 0.25) is 0 Å². The smallest absolute Gasteiger partial charge is 0.320 e. The summed E-state index contributed by atoms with van der Waals surface area (Å²) in [6.07, 6.45) is 5.18. The molecule has 1 saturated heterocycles. The van der Waals surface area contributed by atoms with Crippen molar-refractivity contribution in [3.63, 3.8) is 0 Å². The Morgan fingerprint density at radius 1 is 0.732 bits per heavy atom. The first kappa shape index (κ1) is 35.8. The maximum absolute atomic E-state index is 15.1. The van der Waals surface area contributed by atoms with Crippen LogP contribution >= 0.6 is 0 Å². The van der Waals surface area contributed by atoms with Crippen LogP contribution in [0.2, 0.25) is 0 Å². The third kappa shape index (κ3) is 6.52. The van der Waals surface area contributed by atoms with Gasteiger partial charge in [0.25, 0.3) is 11.8 Å². The van der Waals surface area contributed by atoms with Gasteiger partial charge in [0.05, 0.1) is 5.56 Å². The monoisotopic (exact) mass is 747 g/mol. The molecule has 1 aromatic heterocycles. The third-order valence-corrected chi connectivity index (χ3v) is 12.7. The summed E-state index contributed by atoms with van der Waals surface area (Å²) in [5.41, 5.74) is 10.6. The largest absolute Gasteiger partial charge is 0.508 e. The normalized spacial score (nSPS) is 18.9. The number of carbonyl (C=O) groups excluding carboxylic acids is 3. The van der Waals surface area contributed by atoms with Crippen molar-refractivity contribution in [2.45, 2.75) is 77.0 Å². The Labute approximate surface area is 328 Å². The molecule has 0 bridgehead atoms. The van der Waals surface area contributed by atoms with Crippen molar-refractivity contribution in [3.8, 4) is 17.0 Å². The summed E-state index contributed by atoms with van der Waals surface area (Å²) >= 11 is 0. The molecular weight excluding hydrogens is 699 g/mol. The van der Waals surface area contributed by atoms with Gasteiger partial charge in [-0.3, -0.25) is 9.59 Å². The quantitative estimate of drug-likeness (QED) is 0.197. The van der Waals surface area contributed by atoms with Crippen LogP contribution in [0.3, 0.4) is 0 Å². The van der Waals surface area contributed by atoms with Gasteiger partial charge >= 0.3 is 6.03 Å². The molecule has 4 amide bonds. The second-order valence-corrected chi connectivity index (χ2v) is 16.1. The van der Waals surface area contributed by atoms with Crippen molar-refractivity contribution in [2.75, 3.05) is 31.6 Å². The maximum Gasteiger partial charge on any atom is 0.320 e. The number of anilines is 1. The topological polar surface area (TPSA) is 89.3 Å². The van der Waals surface area contributed by atoms with Crippen LogP contribution in [-0.4, -0.2) is 74.9 Å². The highest BCUT2D eigenvalue weighted by molar-refractivity contribution is 6.08. The second kappa shape index (κ2) is 14.7. The molecular formula is C47H49N5O4. The van der Waals surface area contributed by atoms with Gasteiger partial charge in [0.1, 0.15) is 5.75 Å². The molecule has 286 valence electrons. The molecule has 9 heteroatoms. The van der Waals surface area contributed by atoms with Gasteiger partial charge in [-0.05, 0) is 116 Å². The average Bonchev–Trinajstić information content (AvgIpc) is 3.89. The third-order valence-electron chi connectivity index (χ3n) is 12.7. The Bertz CT molecular complexity index is 2320. The molecule has 5 aromatic rings. The Balaban J connectivity index is 1.08. The lowest BCUT2D eigenvalue weighted by Gasteiger charge is -2.36. The van der Waals surface area contributed by atoms with E-state index in [0.717, 1.165) is 73.3 Å². The molecule has 1 fully saturated rings. The number of benzene rings is 4. The number of phenols is 1. The summed E-state index contributed by atoms with van der Waals surface area (Å²) in [7, 11) is 1.77. The lowest BCUT2D eigenvalue weighted by Crippen LogP contribution is -2.45. The molecule has 0 radical (unpaired) electrons. The first-order valence-electron chi connectivity index (χ1n) is 20.2. The van der Waals surface area contributed by atoms with Crippen molar-refractivity contribution in [2.24, 2.45) is 0 Å². The highest BCUT2D eigenvalue weighted by Crippen LogP contribution is 2.38. The Hall–Kier alpha value is -5.83. The van der Waals surface area contributed by atoms with Crippen LogP contribution in [-0.2, 0) is 38.9 Å². The van der Waals surface area contributed by atoms with E-state index in [-0.39, 0.29) is 29.6 Å². The van der Waals surface area contributed by atoms with Crippen molar-refractivity contribution >= 4 is 23.5 Å². The van der Waals surface area contributed by atoms with E-state index >= 15 is 4.79 Å². The van der Waals surface area contributed by atoms with E-state index in [4.69, 9.17) is 0 Å². The van der Waals surface area contributed by atoms with Gasteiger partial charge < -0.3 is 29.3 Å². The zero-order chi connectivity index (χ0) is 38.5. The first-order valence-corrected chi connectivity index (χ1v) is 20.2. The molecule has 9 nitrogen and oxygen atoms in total. The first-order chi connectivity index (χ1) is 27.2. The number of rotatable bonds is 5. The second-order valence-electron chi connectivity index (χ2n) is 16.1. The van der Waals surface area contributed by atoms with Crippen LogP contribution in [0.15, 0.2) is 97.1 Å². The van der Waals surface area contributed by atoms with Crippen molar-refractivity contribution in [3.05, 3.63) is 142 Å². The molecule has 5 heterocycles. The van der Waals surface area contributed by atoms with E-state index in [0.29, 0.717) is 55.3 Å². The number of likely N-dealkylation sites (tertiary alicyclic amines) is 1. The number of aromatic hydroxyl groups is 1. The average molecular weight is 748 g/mol. The van der Waals surface area contributed by atoms with Crippen LogP contribution in [0.5, 0.6) is 5.75 Å². The van der Waals surface area contributed by atoms with Gasteiger partial charge in [-0.2, -0.15) is 0 Å². The van der Waals surface area contributed by atoms with Crippen LogP contribution in [0.25, 0.3) is 11.3 Å². The maximum atomic E-state index is 15.1. The van der Waals surface area contributed by atoms with E-state index in [1.165, 1.54) is 16.7 Å². The summed E-state index contributed by atoms with van der Waals surface area (Å²) < 4.78 is 2.27. The number of aromatic nitrogens is 1. The molecule has 4 aliphatic heterocycles. The highest BCUT2D eigenvalue weighted by atomic mass is 16.3. The molecule has 4 aliphatic rings. The molecule has 0 aliphatic carbocycles. The molecule has 56 heavy (non-hydrogen) atoms. The van der Waals surface area contributed by atoms with Crippen LogP contribution in [0.4, 0.5) is 10.5 Å². The summed E-state index contributed by atoms with van der Waals surface area (Å²) in [4.78, 5) is 50.9. The molecule has 1 unspecified atom stereocenters. The molecule has 4 aromatic carbocycles. The fourth-order valence-corrected chi connectivity index (χ4v) is 9.46. The molecule has 2 atom stereocenters. The molecule has 0 saturated carbocycles. The summed E-state index contributed by atoms with van der Waals surface area (Å²) in [6.45, 7) is 5.93. The molecule has 9 rings (SSSR count). The van der Waals surface area contributed by atoms with E-state index in [1.807, 2.05) is 32.9 Å². The number of fused-ring (bicyclic) bond motifs is 3. The molecule has 0 spiro atoms. The van der Waals surface area contributed by atoms with Gasteiger partial charge in [-0.15, -0.1) is 0 Å². The minimum Gasteiger partial charge on any atom is -0.508 e. The number of urea groups is 1. The Kier molecular flexibility index (Phi) is 9.39. The minimum atomic E-state index is -0.120. The zero-order valence-corrected chi connectivity index (χ0v) is 32.3. The highest BCUT2D eigenvalue weighted by Gasteiger charge is 2.35.